The highest BCUT2D eigenvalue weighted by Gasteiger charge is 2.26. The van der Waals surface area contributed by atoms with Gasteiger partial charge in [-0.25, -0.2) is 0 Å². The number of rotatable bonds is 2. The van der Waals surface area contributed by atoms with Gasteiger partial charge in [0.25, 0.3) is 5.91 Å². The van der Waals surface area contributed by atoms with E-state index in [9.17, 15) is 4.79 Å². The highest BCUT2D eigenvalue weighted by Crippen LogP contribution is 2.37. The number of hydrogen-bond donors (Lipinski definition) is 0. The first kappa shape index (κ1) is 15.9. The van der Waals surface area contributed by atoms with Crippen molar-refractivity contribution in [1.82, 2.24) is 15.0 Å². The SMILES string of the molecule is C[C@@H]1CCN(C(=O)c2cnn(-c3ccccc3)n2)c2ccccc2S1. The second-order valence-electron chi connectivity index (χ2n) is 6.00. The van der Waals surface area contributed by atoms with Gasteiger partial charge in [0, 0.05) is 16.7 Å². The molecule has 1 aromatic heterocycles. The van der Waals surface area contributed by atoms with Crippen molar-refractivity contribution >= 4 is 23.4 Å². The van der Waals surface area contributed by atoms with Gasteiger partial charge in [0.15, 0.2) is 5.69 Å². The largest absolute Gasteiger partial charge is 0.306 e. The fourth-order valence-corrected chi connectivity index (χ4v) is 4.00. The number of amides is 1. The molecule has 2 heterocycles. The topological polar surface area (TPSA) is 51.0 Å². The number of carbonyl (C=O) groups excluding carboxylic acids is 1. The number of fused-ring (bicyclic) bond motifs is 1. The van der Waals surface area contributed by atoms with Crippen LogP contribution >= 0.6 is 11.8 Å². The van der Waals surface area contributed by atoms with Gasteiger partial charge in [-0.2, -0.15) is 9.90 Å². The molecule has 4 rings (SSSR count). The Balaban J connectivity index is 1.66. The summed E-state index contributed by atoms with van der Waals surface area (Å²) in [6.07, 6.45) is 2.48. The number of carbonyl (C=O) groups is 1. The maximum absolute atomic E-state index is 13.1. The van der Waals surface area contributed by atoms with Crippen LogP contribution in [0.3, 0.4) is 0 Å². The first-order valence-corrected chi connectivity index (χ1v) is 9.15. The summed E-state index contributed by atoms with van der Waals surface area (Å²) >= 11 is 1.82. The second kappa shape index (κ2) is 6.72. The van der Waals surface area contributed by atoms with Crippen LogP contribution in [0.1, 0.15) is 23.8 Å². The molecule has 3 aromatic rings. The van der Waals surface area contributed by atoms with E-state index in [1.54, 1.807) is 6.20 Å². The van der Waals surface area contributed by atoms with Crippen molar-refractivity contribution in [2.45, 2.75) is 23.5 Å². The number of nitrogens with zero attached hydrogens (tertiary/aromatic N) is 4. The molecule has 25 heavy (non-hydrogen) atoms. The Morgan fingerprint density at radius 2 is 1.88 bits per heavy atom. The summed E-state index contributed by atoms with van der Waals surface area (Å²) < 4.78 is 0. The summed E-state index contributed by atoms with van der Waals surface area (Å²) in [6.45, 7) is 2.88. The fourth-order valence-electron chi connectivity index (χ4n) is 2.88. The minimum absolute atomic E-state index is 0.107. The lowest BCUT2D eigenvalue weighted by atomic mass is 10.2. The predicted molar refractivity (Wildman–Crippen MR) is 99.4 cm³/mol. The van der Waals surface area contributed by atoms with Gasteiger partial charge in [0.1, 0.15) is 0 Å². The predicted octanol–water partition coefficient (Wildman–Crippen LogP) is 3.80. The first-order valence-electron chi connectivity index (χ1n) is 8.28. The zero-order valence-electron chi connectivity index (χ0n) is 13.9. The molecule has 0 fully saturated rings. The summed E-state index contributed by atoms with van der Waals surface area (Å²) in [5.41, 5.74) is 2.15. The van der Waals surface area contributed by atoms with E-state index in [0.717, 1.165) is 22.7 Å². The maximum Gasteiger partial charge on any atom is 0.280 e. The highest BCUT2D eigenvalue weighted by atomic mass is 32.2. The minimum Gasteiger partial charge on any atom is -0.306 e. The molecule has 1 amide bonds. The Morgan fingerprint density at radius 3 is 2.72 bits per heavy atom. The maximum atomic E-state index is 13.1. The van der Waals surface area contributed by atoms with Crippen molar-refractivity contribution in [2.75, 3.05) is 11.4 Å². The van der Waals surface area contributed by atoms with Gasteiger partial charge in [-0.15, -0.1) is 16.9 Å². The van der Waals surface area contributed by atoms with E-state index in [1.807, 2.05) is 65.2 Å². The normalized spacial score (nSPS) is 17.0. The second-order valence-corrected chi connectivity index (χ2v) is 7.48. The van der Waals surface area contributed by atoms with Crippen LogP contribution in [-0.4, -0.2) is 32.7 Å². The molecule has 2 aromatic carbocycles. The molecule has 0 saturated heterocycles. The molecule has 0 saturated carbocycles. The monoisotopic (exact) mass is 350 g/mol. The van der Waals surface area contributed by atoms with Crippen molar-refractivity contribution in [3.05, 3.63) is 66.5 Å². The molecular formula is C19H18N4OS. The Morgan fingerprint density at radius 1 is 1.12 bits per heavy atom. The smallest absolute Gasteiger partial charge is 0.280 e. The minimum atomic E-state index is -0.107. The van der Waals surface area contributed by atoms with Crippen molar-refractivity contribution in [1.29, 1.82) is 0 Å². The number of anilines is 1. The molecular weight excluding hydrogens is 332 g/mol. The van der Waals surface area contributed by atoms with E-state index in [0.29, 0.717) is 17.5 Å². The van der Waals surface area contributed by atoms with E-state index >= 15 is 0 Å². The zero-order valence-corrected chi connectivity index (χ0v) is 14.7. The summed E-state index contributed by atoms with van der Waals surface area (Å²) in [4.78, 5) is 17.5. The average molecular weight is 350 g/mol. The van der Waals surface area contributed by atoms with E-state index in [2.05, 4.69) is 23.2 Å². The van der Waals surface area contributed by atoms with E-state index in [1.165, 1.54) is 4.80 Å². The van der Waals surface area contributed by atoms with Crippen molar-refractivity contribution < 1.29 is 4.79 Å². The standard InChI is InChI=1S/C19H18N4OS/c1-14-11-12-22(17-9-5-6-10-18(17)25-14)19(24)16-13-20-23(21-16)15-7-3-2-4-8-15/h2-10,13-14H,11-12H2,1H3/t14-/m1/s1. The summed E-state index contributed by atoms with van der Waals surface area (Å²) in [5.74, 6) is -0.107. The van der Waals surface area contributed by atoms with Crippen LogP contribution in [0.25, 0.3) is 5.69 Å². The van der Waals surface area contributed by atoms with Crippen LogP contribution in [0, 0.1) is 0 Å². The Labute approximate surface area is 150 Å². The molecule has 0 spiro atoms. The third-order valence-corrected chi connectivity index (χ3v) is 5.42. The molecule has 6 heteroatoms. The molecule has 126 valence electrons. The van der Waals surface area contributed by atoms with Gasteiger partial charge >= 0.3 is 0 Å². The molecule has 0 bridgehead atoms. The van der Waals surface area contributed by atoms with Crippen LogP contribution in [0.4, 0.5) is 5.69 Å². The first-order chi connectivity index (χ1) is 12.2. The van der Waals surface area contributed by atoms with Crippen LogP contribution in [0.2, 0.25) is 0 Å². The number of hydrogen-bond acceptors (Lipinski definition) is 4. The Hall–Kier alpha value is -2.60. The average Bonchev–Trinajstić information content (AvgIpc) is 3.07. The molecule has 0 N–H and O–H groups in total. The quantitative estimate of drug-likeness (QED) is 0.705. The lowest BCUT2D eigenvalue weighted by Gasteiger charge is -2.21. The van der Waals surface area contributed by atoms with Gasteiger partial charge < -0.3 is 4.90 Å². The summed E-state index contributed by atoms with van der Waals surface area (Å²) in [5, 5.41) is 9.11. The van der Waals surface area contributed by atoms with Crippen LogP contribution in [-0.2, 0) is 0 Å². The van der Waals surface area contributed by atoms with Crippen LogP contribution in [0.15, 0.2) is 65.7 Å². The third-order valence-electron chi connectivity index (χ3n) is 4.19. The van der Waals surface area contributed by atoms with Crippen molar-refractivity contribution in [2.24, 2.45) is 0 Å². The highest BCUT2D eigenvalue weighted by molar-refractivity contribution is 8.00. The zero-order chi connectivity index (χ0) is 17.2. The Kier molecular flexibility index (Phi) is 4.28. The number of aromatic nitrogens is 3. The summed E-state index contributed by atoms with van der Waals surface area (Å²) in [7, 11) is 0. The fraction of sp³-hybridized carbons (Fsp3) is 0.211. The lowest BCUT2D eigenvalue weighted by Crippen LogP contribution is -2.32. The molecule has 0 unspecified atom stereocenters. The van der Waals surface area contributed by atoms with Gasteiger partial charge in [0.2, 0.25) is 0 Å². The molecule has 1 aliphatic heterocycles. The van der Waals surface area contributed by atoms with Crippen LogP contribution < -0.4 is 4.90 Å². The third kappa shape index (κ3) is 3.17. The summed E-state index contributed by atoms with van der Waals surface area (Å²) in [6, 6.07) is 17.7. The molecule has 1 atom stereocenters. The molecule has 1 aliphatic rings. The number of benzene rings is 2. The van der Waals surface area contributed by atoms with Crippen LogP contribution in [0.5, 0.6) is 0 Å². The Bertz CT molecular complexity index is 893. The molecule has 5 nitrogen and oxygen atoms in total. The molecule has 0 aliphatic carbocycles. The van der Waals surface area contributed by atoms with E-state index in [4.69, 9.17) is 0 Å². The van der Waals surface area contributed by atoms with Crippen molar-refractivity contribution in [3.63, 3.8) is 0 Å². The van der Waals surface area contributed by atoms with Gasteiger partial charge in [-0.05, 0) is 30.7 Å². The number of para-hydroxylation sites is 2. The van der Waals surface area contributed by atoms with E-state index in [-0.39, 0.29) is 5.91 Å². The van der Waals surface area contributed by atoms with Gasteiger partial charge in [0.05, 0.1) is 17.6 Å². The lowest BCUT2D eigenvalue weighted by molar-refractivity contribution is 0.0981. The number of thioether (sulfide) groups is 1. The van der Waals surface area contributed by atoms with Gasteiger partial charge in [-0.1, -0.05) is 37.3 Å². The van der Waals surface area contributed by atoms with E-state index < -0.39 is 0 Å². The molecule has 0 radical (unpaired) electrons. The van der Waals surface area contributed by atoms with Crippen molar-refractivity contribution in [3.8, 4) is 5.69 Å². The van der Waals surface area contributed by atoms with Gasteiger partial charge in [-0.3, -0.25) is 4.79 Å².